The van der Waals surface area contributed by atoms with Crippen LogP contribution in [-0.4, -0.2) is 37.2 Å². The minimum atomic E-state index is -4.15. The summed E-state index contributed by atoms with van der Waals surface area (Å²) in [5.74, 6) is -0.783. The number of hydrogen-bond acceptors (Lipinski definition) is 4. The van der Waals surface area contributed by atoms with Gasteiger partial charge in [0.2, 0.25) is 10.0 Å². The van der Waals surface area contributed by atoms with Crippen LogP contribution in [0.15, 0.2) is 27.5 Å². The summed E-state index contributed by atoms with van der Waals surface area (Å²) in [6, 6.07) is 2.21. The Morgan fingerprint density at radius 2 is 1.90 bits per heavy atom. The van der Waals surface area contributed by atoms with E-state index in [0.717, 1.165) is 25.0 Å². The highest BCUT2D eigenvalue weighted by atomic mass is 32.2. The van der Waals surface area contributed by atoms with Crippen LogP contribution in [0.1, 0.15) is 12.8 Å². The van der Waals surface area contributed by atoms with Crippen LogP contribution in [0.5, 0.6) is 0 Å². The zero-order valence-corrected chi connectivity index (χ0v) is 12.9. The molecule has 1 aliphatic rings. The lowest BCUT2D eigenvalue weighted by Crippen LogP contribution is -2.27. The number of halogens is 2. The Morgan fingerprint density at radius 3 is 2.57 bits per heavy atom. The maximum atomic E-state index is 13.4. The molecular weight excluding hydrogens is 322 g/mol. The van der Waals surface area contributed by atoms with Crippen molar-refractivity contribution in [2.75, 3.05) is 24.6 Å². The maximum Gasteiger partial charge on any atom is 0.243 e. The lowest BCUT2D eigenvalue weighted by atomic mass is 10.3. The molecule has 0 radical (unpaired) electrons. The van der Waals surface area contributed by atoms with Crippen LogP contribution in [0.3, 0.4) is 0 Å². The van der Waals surface area contributed by atoms with Gasteiger partial charge in [-0.15, -0.1) is 0 Å². The molecule has 21 heavy (non-hydrogen) atoms. The fourth-order valence-corrected chi connectivity index (χ4v) is 5.34. The molecule has 0 saturated carbocycles. The molecular formula is C12H16F2N2O3S2. The Morgan fingerprint density at radius 1 is 1.24 bits per heavy atom. The zero-order chi connectivity index (χ0) is 15.5. The van der Waals surface area contributed by atoms with Gasteiger partial charge in [0.1, 0.15) is 16.5 Å². The van der Waals surface area contributed by atoms with Crippen LogP contribution in [0.2, 0.25) is 0 Å². The van der Waals surface area contributed by atoms with E-state index in [1.54, 1.807) is 0 Å². The van der Waals surface area contributed by atoms with Gasteiger partial charge in [-0.05, 0) is 31.0 Å². The molecule has 1 N–H and O–H groups in total. The summed E-state index contributed by atoms with van der Waals surface area (Å²) in [4.78, 5) is -0.743. The van der Waals surface area contributed by atoms with Gasteiger partial charge < -0.3 is 0 Å². The van der Waals surface area contributed by atoms with E-state index in [1.165, 1.54) is 0 Å². The smallest absolute Gasteiger partial charge is 0.243 e. The largest absolute Gasteiger partial charge is 0.250 e. The monoisotopic (exact) mass is 338 g/mol. The minimum Gasteiger partial charge on any atom is -0.250 e. The van der Waals surface area contributed by atoms with Crippen molar-refractivity contribution in [3.63, 3.8) is 0 Å². The molecule has 9 heteroatoms. The molecule has 0 spiro atoms. The number of rotatable bonds is 5. The van der Waals surface area contributed by atoms with E-state index in [0.29, 0.717) is 17.6 Å². The molecule has 1 aliphatic heterocycles. The summed E-state index contributed by atoms with van der Waals surface area (Å²) in [6.45, 7) is -0.0513. The highest BCUT2D eigenvalue weighted by Gasteiger charge is 2.20. The fraction of sp³-hybridized carbons (Fsp3) is 0.500. The lowest BCUT2D eigenvalue weighted by Gasteiger charge is -2.07. The fourth-order valence-electron chi connectivity index (χ4n) is 2.04. The second-order valence-electron chi connectivity index (χ2n) is 4.71. The van der Waals surface area contributed by atoms with Gasteiger partial charge in [0, 0.05) is 27.8 Å². The molecule has 1 heterocycles. The molecule has 1 aromatic rings. The van der Waals surface area contributed by atoms with Crippen LogP contribution >= 0.6 is 0 Å². The third-order valence-corrected chi connectivity index (χ3v) is 7.07. The van der Waals surface area contributed by atoms with E-state index in [-0.39, 0.29) is 13.1 Å². The van der Waals surface area contributed by atoms with Gasteiger partial charge in [-0.2, -0.15) is 0 Å². The van der Waals surface area contributed by atoms with Crippen molar-refractivity contribution in [2.24, 2.45) is 4.36 Å². The quantitative estimate of drug-likeness (QED) is 0.827. The summed E-state index contributed by atoms with van der Waals surface area (Å²) in [7, 11) is -6.34. The van der Waals surface area contributed by atoms with Crippen molar-refractivity contribution in [2.45, 2.75) is 17.7 Å². The third kappa shape index (κ3) is 4.21. The van der Waals surface area contributed by atoms with Gasteiger partial charge in [-0.1, -0.05) is 0 Å². The van der Waals surface area contributed by atoms with Gasteiger partial charge in [-0.3, -0.25) is 0 Å². The minimum absolute atomic E-state index is 0.0506. The Labute approximate surface area is 123 Å². The van der Waals surface area contributed by atoms with E-state index in [9.17, 15) is 21.4 Å². The molecule has 0 unspecified atom stereocenters. The van der Waals surface area contributed by atoms with Gasteiger partial charge in [0.25, 0.3) is 0 Å². The van der Waals surface area contributed by atoms with Crippen molar-refractivity contribution in [3.8, 4) is 0 Å². The van der Waals surface area contributed by atoms with Crippen molar-refractivity contribution in [1.29, 1.82) is 0 Å². The van der Waals surface area contributed by atoms with E-state index >= 15 is 0 Å². The van der Waals surface area contributed by atoms with Gasteiger partial charge in [0.15, 0.2) is 0 Å². The Hall–Kier alpha value is -1.06. The normalized spacial score (nSPS) is 17.8. The molecule has 0 bridgehead atoms. The predicted octanol–water partition coefficient (Wildman–Crippen LogP) is 1.50. The van der Waals surface area contributed by atoms with Gasteiger partial charge in [-0.25, -0.2) is 30.5 Å². The second-order valence-corrected chi connectivity index (χ2v) is 9.07. The number of benzene rings is 1. The number of sulfonamides is 1. The Balaban J connectivity index is 2.02. The molecule has 0 amide bonds. The molecule has 1 fully saturated rings. The molecule has 2 rings (SSSR count). The van der Waals surface area contributed by atoms with Crippen LogP contribution in [-0.2, 0) is 19.8 Å². The van der Waals surface area contributed by atoms with Crippen molar-refractivity contribution < 1.29 is 21.4 Å². The van der Waals surface area contributed by atoms with Crippen LogP contribution in [0.25, 0.3) is 0 Å². The van der Waals surface area contributed by atoms with Gasteiger partial charge in [0.05, 0.1) is 6.54 Å². The standard InChI is InChI=1S/C12H16F2N2O3S2/c13-10-3-4-11(14)12(9-10)21(18,19)16-6-5-15-20(17)7-1-2-8-20/h3-4,9,16H,1-2,5-8H2. The highest BCUT2D eigenvalue weighted by molar-refractivity contribution is 7.93. The summed E-state index contributed by atoms with van der Waals surface area (Å²) < 4.78 is 68.3. The lowest BCUT2D eigenvalue weighted by molar-refractivity contribution is 0.546. The first-order chi connectivity index (χ1) is 9.82. The Kier molecular flexibility index (Phi) is 4.95. The van der Waals surface area contributed by atoms with Crippen LogP contribution < -0.4 is 4.72 Å². The number of nitrogens with one attached hydrogen (secondary N) is 1. The molecule has 0 aromatic heterocycles. The van der Waals surface area contributed by atoms with Crippen LogP contribution in [0, 0.1) is 11.6 Å². The molecule has 1 saturated heterocycles. The zero-order valence-electron chi connectivity index (χ0n) is 11.2. The summed E-state index contributed by atoms with van der Waals surface area (Å²) in [6.07, 6.45) is 1.73. The topological polar surface area (TPSA) is 75.6 Å². The maximum absolute atomic E-state index is 13.4. The van der Waals surface area contributed by atoms with E-state index in [4.69, 9.17) is 0 Å². The van der Waals surface area contributed by atoms with Crippen molar-refractivity contribution in [3.05, 3.63) is 29.8 Å². The van der Waals surface area contributed by atoms with E-state index in [2.05, 4.69) is 9.08 Å². The average molecular weight is 338 g/mol. The molecule has 0 atom stereocenters. The first-order valence-corrected chi connectivity index (χ1v) is 9.79. The molecule has 5 nitrogen and oxygen atoms in total. The number of nitrogens with zero attached hydrogens (tertiary/aromatic N) is 1. The summed E-state index contributed by atoms with van der Waals surface area (Å²) >= 11 is 0. The second kappa shape index (κ2) is 6.37. The van der Waals surface area contributed by atoms with Crippen molar-refractivity contribution in [1.82, 2.24) is 4.72 Å². The van der Waals surface area contributed by atoms with E-state index < -0.39 is 36.3 Å². The first kappa shape index (κ1) is 16.3. The third-order valence-electron chi connectivity index (χ3n) is 3.09. The molecule has 0 aliphatic carbocycles. The molecule has 1 aromatic carbocycles. The molecule has 118 valence electrons. The first-order valence-electron chi connectivity index (χ1n) is 6.45. The highest BCUT2D eigenvalue weighted by Crippen LogP contribution is 2.16. The Bertz CT molecular complexity index is 729. The SMILES string of the molecule is O=S(=O)(NCCN=S1(=O)CCCC1)c1cc(F)ccc1F. The van der Waals surface area contributed by atoms with Crippen molar-refractivity contribution >= 4 is 19.8 Å². The summed E-state index contributed by atoms with van der Waals surface area (Å²) in [5, 5.41) is 0. The average Bonchev–Trinajstić information content (AvgIpc) is 2.85. The van der Waals surface area contributed by atoms with Gasteiger partial charge >= 0.3 is 0 Å². The van der Waals surface area contributed by atoms with E-state index in [1.807, 2.05) is 0 Å². The van der Waals surface area contributed by atoms with Crippen LogP contribution in [0.4, 0.5) is 8.78 Å². The predicted molar refractivity (Wildman–Crippen MR) is 76.0 cm³/mol. The summed E-state index contributed by atoms with van der Waals surface area (Å²) in [5.41, 5.74) is 0. The number of hydrogen-bond donors (Lipinski definition) is 1.